The molecule has 6 heteroatoms. The second kappa shape index (κ2) is 5.29. The zero-order chi connectivity index (χ0) is 12.3. The lowest BCUT2D eigenvalue weighted by Gasteiger charge is -2.05. The summed E-state index contributed by atoms with van der Waals surface area (Å²) in [4.78, 5) is 10.2. The van der Waals surface area contributed by atoms with Crippen LogP contribution in [0.15, 0.2) is 39.5 Å². The number of nitrogens with zero attached hydrogens (tertiary/aromatic N) is 1. The summed E-state index contributed by atoms with van der Waals surface area (Å²) in [7, 11) is 0. The largest absolute Gasteiger partial charge is 0.381 e. The highest BCUT2D eigenvalue weighted by molar-refractivity contribution is 9.10. The average molecular weight is 313 g/mol. The van der Waals surface area contributed by atoms with Crippen LogP contribution in [-0.2, 0) is 6.54 Å². The van der Waals surface area contributed by atoms with Gasteiger partial charge in [-0.1, -0.05) is 0 Å². The molecule has 17 heavy (non-hydrogen) atoms. The third-order valence-electron chi connectivity index (χ3n) is 2.22. The van der Waals surface area contributed by atoms with Gasteiger partial charge in [-0.15, -0.1) is 0 Å². The van der Waals surface area contributed by atoms with Gasteiger partial charge in [-0.2, -0.15) is 11.3 Å². The topological polar surface area (TPSA) is 55.2 Å². The fourth-order valence-corrected chi connectivity index (χ4v) is 2.55. The van der Waals surface area contributed by atoms with Gasteiger partial charge < -0.3 is 5.32 Å². The van der Waals surface area contributed by atoms with Crippen molar-refractivity contribution in [3.8, 4) is 0 Å². The molecular formula is C11H9BrN2O2S. The van der Waals surface area contributed by atoms with Crippen LogP contribution in [0.25, 0.3) is 0 Å². The fraction of sp³-hybridized carbons (Fsp3) is 0.0909. The van der Waals surface area contributed by atoms with Gasteiger partial charge in [0.15, 0.2) is 0 Å². The minimum absolute atomic E-state index is 0.0751. The van der Waals surface area contributed by atoms with Crippen molar-refractivity contribution >= 4 is 38.6 Å². The molecule has 0 aliphatic heterocycles. The second-order valence-corrected chi connectivity index (χ2v) is 5.04. The molecule has 0 atom stereocenters. The molecule has 1 aromatic heterocycles. The van der Waals surface area contributed by atoms with Gasteiger partial charge in [0, 0.05) is 18.3 Å². The molecule has 0 spiro atoms. The van der Waals surface area contributed by atoms with Crippen molar-refractivity contribution in [1.29, 1.82) is 0 Å². The molecule has 88 valence electrons. The first-order valence-corrected chi connectivity index (χ1v) is 6.59. The van der Waals surface area contributed by atoms with Gasteiger partial charge in [-0.3, -0.25) is 10.1 Å². The van der Waals surface area contributed by atoms with E-state index in [9.17, 15) is 10.1 Å². The van der Waals surface area contributed by atoms with E-state index in [0.29, 0.717) is 11.0 Å². The van der Waals surface area contributed by atoms with E-state index in [-0.39, 0.29) is 5.69 Å². The number of benzene rings is 1. The van der Waals surface area contributed by atoms with E-state index in [1.165, 1.54) is 11.6 Å². The Morgan fingerprint density at radius 1 is 1.41 bits per heavy atom. The van der Waals surface area contributed by atoms with Crippen LogP contribution in [0.5, 0.6) is 0 Å². The minimum atomic E-state index is -0.410. The standard InChI is InChI=1S/C11H9BrN2O2S/c12-10-5-9(1-2-11(10)14(15)16)13-6-8-3-4-17-7-8/h1-5,7,13H,6H2. The Morgan fingerprint density at radius 3 is 2.82 bits per heavy atom. The van der Waals surface area contributed by atoms with Gasteiger partial charge in [0.2, 0.25) is 0 Å². The smallest absolute Gasteiger partial charge is 0.283 e. The number of rotatable bonds is 4. The highest BCUT2D eigenvalue weighted by Crippen LogP contribution is 2.27. The van der Waals surface area contributed by atoms with Crippen molar-refractivity contribution in [3.63, 3.8) is 0 Å². The van der Waals surface area contributed by atoms with E-state index in [0.717, 1.165) is 5.69 Å². The summed E-state index contributed by atoms with van der Waals surface area (Å²) >= 11 is 4.83. The predicted octanol–water partition coefficient (Wildman–Crippen LogP) is 4.03. The fourth-order valence-electron chi connectivity index (χ4n) is 1.36. The van der Waals surface area contributed by atoms with Crippen molar-refractivity contribution in [2.45, 2.75) is 6.54 Å². The molecule has 0 aliphatic rings. The Kier molecular flexibility index (Phi) is 3.75. The normalized spacial score (nSPS) is 10.2. The number of hydrogen-bond acceptors (Lipinski definition) is 4. The Morgan fingerprint density at radius 2 is 2.24 bits per heavy atom. The van der Waals surface area contributed by atoms with E-state index in [1.807, 2.05) is 11.4 Å². The number of halogens is 1. The molecule has 0 bridgehead atoms. The van der Waals surface area contributed by atoms with Crippen molar-refractivity contribution in [2.24, 2.45) is 0 Å². The molecule has 2 aromatic rings. The van der Waals surface area contributed by atoms with Gasteiger partial charge in [0.1, 0.15) is 0 Å². The van der Waals surface area contributed by atoms with Crippen molar-refractivity contribution in [3.05, 3.63) is 55.2 Å². The predicted molar refractivity (Wildman–Crippen MR) is 72.4 cm³/mol. The lowest BCUT2D eigenvalue weighted by atomic mass is 10.2. The van der Waals surface area contributed by atoms with Gasteiger partial charge >= 0.3 is 0 Å². The van der Waals surface area contributed by atoms with Gasteiger partial charge in [-0.05, 0) is 50.5 Å². The monoisotopic (exact) mass is 312 g/mol. The quantitative estimate of drug-likeness (QED) is 0.685. The molecule has 0 amide bonds. The first-order valence-electron chi connectivity index (χ1n) is 4.85. The zero-order valence-corrected chi connectivity index (χ0v) is 11.1. The molecule has 1 aromatic carbocycles. The number of thiophene rings is 1. The van der Waals surface area contributed by atoms with Crippen LogP contribution in [0.2, 0.25) is 0 Å². The first-order chi connectivity index (χ1) is 8.16. The Balaban J connectivity index is 2.07. The van der Waals surface area contributed by atoms with Crippen LogP contribution in [0, 0.1) is 10.1 Å². The van der Waals surface area contributed by atoms with Crippen molar-refractivity contribution < 1.29 is 4.92 Å². The Bertz CT molecular complexity index is 528. The average Bonchev–Trinajstić information content (AvgIpc) is 2.78. The number of hydrogen-bond donors (Lipinski definition) is 1. The van der Waals surface area contributed by atoms with Crippen LogP contribution in [0.4, 0.5) is 11.4 Å². The molecule has 2 rings (SSSR count). The second-order valence-electron chi connectivity index (χ2n) is 3.41. The first kappa shape index (κ1) is 12.1. The molecule has 0 fully saturated rings. The maximum Gasteiger partial charge on any atom is 0.283 e. The van der Waals surface area contributed by atoms with Crippen molar-refractivity contribution in [2.75, 3.05) is 5.32 Å². The Hall–Kier alpha value is -1.40. The van der Waals surface area contributed by atoms with E-state index >= 15 is 0 Å². The van der Waals surface area contributed by atoms with Gasteiger partial charge in [0.25, 0.3) is 5.69 Å². The van der Waals surface area contributed by atoms with Crippen LogP contribution < -0.4 is 5.32 Å². The summed E-state index contributed by atoms with van der Waals surface area (Å²) < 4.78 is 0.484. The Labute approximate surface area is 111 Å². The highest BCUT2D eigenvalue weighted by atomic mass is 79.9. The molecule has 1 heterocycles. The summed E-state index contributed by atoms with van der Waals surface area (Å²) in [6.07, 6.45) is 0. The summed E-state index contributed by atoms with van der Waals surface area (Å²) in [5, 5.41) is 17.9. The lowest BCUT2D eigenvalue weighted by molar-refractivity contribution is -0.385. The van der Waals surface area contributed by atoms with Crippen LogP contribution >= 0.6 is 27.3 Å². The number of nitro benzene ring substituents is 1. The van der Waals surface area contributed by atoms with E-state index in [1.54, 1.807) is 23.5 Å². The van der Waals surface area contributed by atoms with Gasteiger partial charge in [0.05, 0.1) is 9.40 Å². The van der Waals surface area contributed by atoms with E-state index in [2.05, 4.69) is 26.6 Å². The minimum Gasteiger partial charge on any atom is -0.381 e. The molecule has 4 nitrogen and oxygen atoms in total. The SMILES string of the molecule is O=[N+]([O-])c1ccc(NCc2ccsc2)cc1Br. The summed E-state index contributed by atoms with van der Waals surface area (Å²) in [6, 6.07) is 6.94. The lowest BCUT2D eigenvalue weighted by Crippen LogP contribution is -1.98. The molecule has 0 unspecified atom stereocenters. The third-order valence-corrected chi connectivity index (χ3v) is 3.59. The van der Waals surface area contributed by atoms with Crippen LogP contribution in [-0.4, -0.2) is 4.92 Å². The van der Waals surface area contributed by atoms with Crippen molar-refractivity contribution in [1.82, 2.24) is 0 Å². The maximum absolute atomic E-state index is 10.6. The summed E-state index contributed by atoms with van der Waals surface area (Å²) in [5.74, 6) is 0. The van der Waals surface area contributed by atoms with Crippen LogP contribution in [0.1, 0.15) is 5.56 Å². The molecule has 1 N–H and O–H groups in total. The summed E-state index contributed by atoms with van der Waals surface area (Å²) in [6.45, 7) is 0.716. The van der Waals surface area contributed by atoms with Crippen LogP contribution in [0.3, 0.4) is 0 Å². The number of anilines is 1. The molecule has 0 saturated heterocycles. The molecule has 0 saturated carbocycles. The molecular weight excluding hydrogens is 304 g/mol. The van der Waals surface area contributed by atoms with E-state index < -0.39 is 4.92 Å². The summed E-state index contributed by atoms with van der Waals surface area (Å²) in [5.41, 5.74) is 2.13. The maximum atomic E-state index is 10.6. The third kappa shape index (κ3) is 3.04. The highest BCUT2D eigenvalue weighted by Gasteiger charge is 2.11. The zero-order valence-electron chi connectivity index (χ0n) is 8.72. The molecule has 0 radical (unpaired) electrons. The molecule has 0 aliphatic carbocycles. The van der Waals surface area contributed by atoms with Gasteiger partial charge in [-0.25, -0.2) is 0 Å². The number of nitro groups is 1. The van der Waals surface area contributed by atoms with E-state index in [4.69, 9.17) is 0 Å². The number of nitrogens with one attached hydrogen (secondary N) is 1.